The highest BCUT2D eigenvalue weighted by Crippen LogP contribution is 2.12. The highest BCUT2D eigenvalue weighted by molar-refractivity contribution is 5.78. The highest BCUT2D eigenvalue weighted by Gasteiger charge is 2.15. The van der Waals surface area contributed by atoms with Crippen LogP contribution in [-0.4, -0.2) is 15.7 Å². The Labute approximate surface area is 110 Å². The highest BCUT2D eigenvalue weighted by atomic mass is 16.1. The summed E-state index contributed by atoms with van der Waals surface area (Å²) in [4.78, 5) is 12.0. The van der Waals surface area contributed by atoms with E-state index in [0.29, 0.717) is 6.54 Å². The minimum absolute atomic E-state index is 0.156. The lowest BCUT2D eigenvalue weighted by molar-refractivity contribution is -0.125. The summed E-state index contributed by atoms with van der Waals surface area (Å²) < 4.78 is 1.91. The van der Waals surface area contributed by atoms with Crippen molar-refractivity contribution in [3.8, 4) is 0 Å². The number of hydrogen-bond acceptors (Lipinski definition) is 2. The van der Waals surface area contributed by atoms with Gasteiger partial charge in [0.25, 0.3) is 0 Å². The average molecular weight is 251 g/mol. The van der Waals surface area contributed by atoms with Gasteiger partial charge in [-0.25, -0.2) is 0 Å². The van der Waals surface area contributed by atoms with Gasteiger partial charge in [0, 0.05) is 18.7 Å². The third kappa shape index (κ3) is 4.17. The van der Waals surface area contributed by atoms with Gasteiger partial charge in [-0.1, -0.05) is 26.7 Å². The quantitative estimate of drug-likeness (QED) is 0.772. The first-order chi connectivity index (χ1) is 8.72. The molecule has 0 aliphatic carbocycles. The van der Waals surface area contributed by atoms with E-state index >= 15 is 0 Å². The van der Waals surface area contributed by atoms with Crippen molar-refractivity contribution >= 4 is 5.91 Å². The van der Waals surface area contributed by atoms with E-state index in [1.54, 1.807) is 6.20 Å². The molecule has 0 aliphatic heterocycles. The van der Waals surface area contributed by atoms with Crippen LogP contribution in [-0.2, 0) is 17.9 Å². The van der Waals surface area contributed by atoms with Crippen LogP contribution < -0.4 is 5.32 Å². The standard InChI is InChI=1S/C14H25N3O/c1-4-7-8-12(5-2)14(18)15-11-13-9-10-16-17(13)6-3/h9-10,12H,4-8,11H2,1-3H3,(H,15,18)/t12-/m0/s1. The van der Waals surface area contributed by atoms with Gasteiger partial charge in [0.2, 0.25) is 5.91 Å². The third-order valence-corrected chi connectivity index (χ3v) is 3.32. The van der Waals surface area contributed by atoms with E-state index in [-0.39, 0.29) is 11.8 Å². The molecular formula is C14H25N3O. The fraction of sp³-hybridized carbons (Fsp3) is 0.714. The molecule has 1 aromatic rings. The van der Waals surface area contributed by atoms with Gasteiger partial charge >= 0.3 is 0 Å². The Kier molecular flexibility index (Phi) is 6.47. The number of aryl methyl sites for hydroxylation is 1. The van der Waals surface area contributed by atoms with E-state index in [1.165, 1.54) is 0 Å². The second-order valence-corrected chi connectivity index (χ2v) is 4.60. The maximum absolute atomic E-state index is 12.0. The predicted molar refractivity (Wildman–Crippen MR) is 73.1 cm³/mol. The molecule has 1 atom stereocenters. The van der Waals surface area contributed by atoms with Crippen molar-refractivity contribution in [3.63, 3.8) is 0 Å². The molecule has 0 radical (unpaired) electrons. The molecular weight excluding hydrogens is 226 g/mol. The van der Waals surface area contributed by atoms with Gasteiger partial charge in [-0.2, -0.15) is 5.10 Å². The van der Waals surface area contributed by atoms with Crippen molar-refractivity contribution in [2.75, 3.05) is 0 Å². The largest absolute Gasteiger partial charge is 0.350 e. The first-order valence-electron chi connectivity index (χ1n) is 7.01. The van der Waals surface area contributed by atoms with E-state index in [0.717, 1.165) is 37.9 Å². The summed E-state index contributed by atoms with van der Waals surface area (Å²) in [6.45, 7) is 7.70. The molecule has 102 valence electrons. The van der Waals surface area contributed by atoms with Crippen molar-refractivity contribution < 1.29 is 4.79 Å². The monoisotopic (exact) mass is 251 g/mol. The molecule has 0 unspecified atom stereocenters. The number of nitrogens with zero attached hydrogens (tertiary/aromatic N) is 2. The van der Waals surface area contributed by atoms with Crippen LogP contribution in [0.5, 0.6) is 0 Å². The van der Waals surface area contributed by atoms with E-state index < -0.39 is 0 Å². The van der Waals surface area contributed by atoms with Crippen LogP contribution in [0.1, 0.15) is 52.1 Å². The number of amides is 1. The smallest absolute Gasteiger partial charge is 0.223 e. The zero-order valence-corrected chi connectivity index (χ0v) is 11.8. The second kappa shape index (κ2) is 7.90. The molecule has 1 amide bonds. The summed E-state index contributed by atoms with van der Waals surface area (Å²) in [7, 11) is 0. The SMILES string of the molecule is CCCC[C@H](CC)C(=O)NCc1ccnn1CC. The zero-order chi connectivity index (χ0) is 13.4. The number of nitrogens with one attached hydrogen (secondary N) is 1. The molecule has 4 nitrogen and oxygen atoms in total. The van der Waals surface area contributed by atoms with Crippen LogP contribution in [0, 0.1) is 5.92 Å². The lowest BCUT2D eigenvalue weighted by Gasteiger charge is -2.14. The summed E-state index contributed by atoms with van der Waals surface area (Å²) in [5.74, 6) is 0.331. The summed E-state index contributed by atoms with van der Waals surface area (Å²) in [5, 5.41) is 7.21. The molecule has 0 saturated heterocycles. The summed E-state index contributed by atoms with van der Waals surface area (Å²) in [5.41, 5.74) is 1.07. The minimum atomic E-state index is 0.156. The summed E-state index contributed by atoms with van der Waals surface area (Å²) in [6, 6.07) is 1.96. The van der Waals surface area contributed by atoms with E-state index in [9.17, 15) is 4.79 Å². The Balaban J connectivity index is 2.44. The number of unbranched alkanes of at least 4 members (excludes halogenated alkanes) is 1. The second-order valence-electron chi connectivity index (χ2n) is 4.60. The molecule has 4 heteroatoms. The molecule has 0 bridgehead atoms. The summed E-state index contributed by atoms with van der Waals surface area (Å²) in [6.07, 6.45) is 5.95. The molecule has 1 rings (SSSR count). The van der Waals surface area contributed by atoms with Gasteiger partial charge in [0.05, 0.1) is 12.2 Å². The van der Waals surface area contributed by atoms with Crippen molar-refractivity contribution in [2.45, 2.75) is 59.5 Å². The van der Waals surface area contributed by atoms with Crippen LogP contribution >= 0.6 is 0 Å². The molecule has 0 aromatic carbocycles. The fourth-order valence-corrected chi connectivity index (χ4v) is 2.09. The number of carbonyl (C=O) groups is 1. The Hall–Kier alpha value is -1.32. The maximum atomic E-state index is 12.0. The van der Waals surface area contributed by atoms with Gasteiger partial charge in [0.1, 0.15) is 0 Å². The van der Waals surface area contributed by atoms with Gasteiger partial charge < -0.3 is 5.32 Å². The lowest BCUT2D eigenvalue weighted by atomic mass is 9.98. The van der Waals surface area contributed by atoms with E-state index in [2.05, 4.69) is 31.2 Å². The van der Waals surface area contributed by atoms with Crippen molar-refractivity contribution in [3.05, 3.63) is 18.0 Å². The molecule has 1 heterocycles. The molecule has 1 N–H and O–H groups in total. The Morgan fingerprint density at radius 1 is 1.44 bits per heavy atom. The number of hydrogen-bond donors (Lipinski definition) is 1. The Bertz CT molecular complexity index is 360. The van der Waals surface area contributed by atoms with Crippen molar-refractivity contribution in [2.24, 2.45) is 5.92 Å². The summed E-state index contributed by atoms with van der Waals surface area (Å²) >= 11 is 0. The van der Waals surface area contributed by atoms with Gasteiger partial charge in [0.15, 0.2) is 0 Å². The fourth-order valence-electron chi connectivity index (χ4n) is 2.09. The molecule has 0 spiro atoms. The number of carbonyl (C=O) groups excluding carboxylic acids is 1. The predicted octanol–water partition coefficient (Wildman–Crippen LogP) is 2.74. The number of aromatic nitrogens is 2. The van der Waals surface area contributed by atoms with Gasteiger partial charge in [-0.15, -0.1) is 0 Å². The molecule has 18 heavy (non-hydrogen) atoms. The van der Waals surface area contributed by atoms with Crippen LogP contribution in [0.3, 0.4) is 0 Å². The van der Waals surface area contributed by atoms with Crippen LogP contribution in [0.15, 0.2) is 12.3 Å². The van der Waals surface area contributed by atoms with Crippen molar-refractivity contribution in [1.82, 2.24) is 15.1 Å². The normalized spacial score (nSPS) is 12.4. The Morgan fingerprint density at radius 2 is 2.22 bits per heavy atom. The van der Waals surface area contributed by atoms with Crippen LogP contribution in [0.4, 0.5) is 0 Å². The molecule has 0 saturated carbocycles. The van der Waals surface area contributed by atoms with Crippen LogP contribution in [0.25, 0.3) is 0 Å². The van der Waals surface area contributed by atoms with E-state index in [1.807, 2.05) is 10.7 Å². The van der Waals surface area contributed by atoms with Gasteiger partial charge in [-0.05, 0) is 25.8 Å². The third-order valence-electron chi connectivity index (χ3n) is 3.32. The van der Waals surface area contributed by atoms with E-state index in [4.69, 9.17) is 0 Å². The maximum Gasteiger partial charge on any atom is 0.223 e. The molecule has 1 aromatic heterocycles. The first-order valence-corrected chi connectivity index (χ1v) is 7.01. The molecule has 0 fully saturated rings. The zero-order valence-electron chi connectivity index (χ0n) is 11.8. The Morgan fingerprint density at radius 3 is 2.83 bits per heavy atom. The average Bonchev–Trinajstić information content (AvgIpc) is 2.84. The van der Waals surface area contributed by atoms with Gasteiger partial charge in [-0.3, -0.25) is 9.48 Å². The topological polar surface area (TPSA) is 46.9 Å². The first kappa shape index (κ1) is 14.7. The van der Waals surface area contributed by atoms with Crippen LogP contribution in [0.2, 0.25) is 0 Å². The van der Waals surface area contributed by atoms with Crippen molar-refractivity contribution in [1.29, 1.82) is 0 Å². The molecule has 0 aliphatic rings. The number of rotatable bonds is 8. The lowest BCUT2D eigenvalue weighted by Crippen LogP contribution is -2.30. The minimum Gasteiger partial charge on any atom is -0.350 e.